The lowest BCUT2D eigenvalue weighted by Crippen LogP contribution is -2.21. The van der Waals surface area contributed by atoms with Gasteiger partial charge in [0.15, 0.2) is 0 Å². The molecule has 0 heteroatoms. The molecule has 0 aromatic heterocycles. The van der Waals surface area contributed by atoms with Gasteiger partial charge in [0.05, 0.1) is 0 Å². The van der Waals surface area contributed by atoms with E-state index < -0.39 is 0 Å². The van der Waals surface area contributed by atoms with E-state index in [2.05, 4.69) is 27.7 Å². The fraction of sp³-hybridized carbons (Fsp3) is 1.00. The molecule has 35 heavy (non-hydrogen) atoms. The van der Waals surface area contributed by atoms with E-state index >= 15 is 0 Å². The molecule has 0 N–H and O–H groups in total. The summed E-state index contributed by atoms with van der Waals surface area (Å²) < 4.78 is 0. The predicted molar refractivity (Wildman–Crippen MR) is 164 cm³/mol. The molecule has 0 aliphatic heterocycles. The molecular formula is C35H72. The summed E-state index contributed by atoms with van der Waals surface area (Å²) >= 11 is 0. The maximum atomic E-state index is 2.34. The maximum Gasteiger partial charge on any atom is -0.0297 e. The van der Waals surface area contributed by atoms with Crippen molar-refractivity contribution < 1.29 is 0 Å². The van der Waals surface area contributed by atoms with Gasteiger partial charge in [0.1, 0.15) is 0 Å². The molecule has 0 bridgehead atoms. The van der Waals surface area contributed by atoms with Crippen molar-refractivity contribution in [3.05, 3.63) is 0 Å². The number of rotatable bonds is 30. The van der Waals surface area contributed by atoms with Crippen LogP contribution in [0.1, 0.15) is 220 Å². The van der Waals surface area contributed by atoms with Crippen LogP contribution in [0.25, 0.3) is 0 Å². The third-order valence-corrected chi connectivity index (χ3v) is 8.74. The van der Waals surface area contributed by atoms with E-state index in [0.717, 1.165) is 0 Å². The van der Waals surface area contributed by atoms with Gasteiger partial charge in [-0.15, -0.1) is 0 Å². The van der Waals surface area contributed by atoms with E-state index in [4.69, 9.17) is 0 Å². The third-order valence-electron chi connectivity index (χ3n) is 8.74. The van der Waals surface area contributed by atoms with E-state index in [1.165, 1.54) is 167 Å². The van der Waals surface area contributed by atoms with Gasteiger partial charge in [-0.1, -0.05) is 195 Å². The summed E-state index contributed by atoms with van der Waals surface area (Å²) in [4.78, 5) is 0. The third kappa shape index (κ3) is 24.1. The van der Waals surface area contributed by atoms with Crippen molar-refractivity contribution in [3.63, 3.8) is 0 Å². The second-order valence-corrected chi connectivity index (χ2v) is 12.3. The first kappa shape index (κ1) is 35.0. The summed E-state index contributed by atoms with van der Waals surface area (Å²) in [5, 5.41) is 0. The van der Waals surface area contributed by atoms with Crippen LogP contribution in [0.4, 0.5) is 0 Å². The molecule has 0 aliphatic carbocycles. The van der Waals surface area contributed by atoms with Crippen LogP contribution in [0.3, 0.4) is 0 Å². The lowest BCUT2D eigenvalue weighted by Gasteiger charge is -2.35. The summed E-state index contributed by atoms with van der Waals surface area (Å²) in [6.07, 6.45) is 44.2. The molecule has 0 aliphatic rings. The standard InChI is InChI=1S/C35H72/c1-5-9-13-17-21-25-29-33-35(31-27-23-19-15-11-7-3,32-28-24-20-16-12-8-4)34-30-26-22-18-14-10-6-2/h5-34H2,1-4H3. The molecule has 0 spiro atoms. The minimum Gasteiger partial charge on any atom is -0.0654 e. The zero-order valence-electron chi connectivity index (χ0n) is 25.7. The normalized spacial score (nSPS) is 12.0. The van der Waals surface area contributed by atoms with Crippen molar-refractivity contribution in [2.75, 3.05) is 0 Å². The molecule has 0 nitrogen and oxygen atoms in total. The van der Waals surface area contributed by atoms with Gasteiger partial charge < -0.3 is 0 Å². The van der Waals surface area contributed by atoms with E-state index in [9.17, 15) is 0 Å². The summed E-state index contributed by atoms with van der Waals surface area (Å²) in [5.41, 5.74) is 0.683. The highest BCUT2D eigenvalue weighted by Crippen LogP contribution is 2.42. The lowest BCUT2D eigenvalue weighted by molar-refractivity contribution is 0.171. The fourth-order valence-corrected chi connectivity index (χ4v) is 6.22. The van der Waals surface area contributed by atoms with E-state index in [1.54, 1.807) is 25.7 Å². The lowest BCUT2D eigenvalue weighted by atomic mass is 9.70. The van der Waals surface area contributed by atoms with Crippen LogP contribution in [-0.4, -0.2) is 0 Å². The van der Waals surface area contributed by atoms with Gasteiger partial charge in [-0.2, -0.15) is 0 Å². The van der Waals surface area contributed by atoms with Gasteiger partial charge in [0.2, 0.25) is 0 Å². The number of hydrogen-bond acceptors (Lipinski definition) is 0. The fourth-order valence-electron chi connectivity index (χ4n) is 6.22. The van der Waals surface area contributed by atoms with Crippen molar-refractivity contribution in [3.8, 4) is 0 Å². The second-order valence-electron chi connectivity index (χ2n) is 12.3. The van der Waals surface area contributed by atoms with E-state index in [0.29, 0.717) is 5.41 Å². The SMILES string of the molecule is CCCCCCCCCC(CCCCCCCC)(CCCCCCCC)CCCCCCCCC. The average Bonchev–Trinajstić information content (AvgIpc) is 2.87. The molecule has 0 aromatic rings. The molecular weight excluding hydrogens is 420 g/mol. The van der Waals surface area contributed by atoms with E-state index in [1.807, 2.05) is 0 Å². The molecule has 0 heterocycles. The van der Waals surface area contributed by atoms with Crippen LogP contribution in [0.2, 0.25) is 0 Å². The number of unbranched alkanes of at least 4 members (excludes halogenated alkanes) is 22. The Balaban J connectivity index is 4.75. The molecule has 0 atom stereocenters. The molecule has 0 amide bonds. The van der Waals surface area contributed by atoms with Crippen LogP contribution < -0.4 is 0 Å². The van der Waals surface area contributed by atoms with Gasteiger partial charge in [0.25, 0.3) is 0 Å². The van der Waals surface area contributed by atoms with Crippen molar-refractivity contribution in [1.29, 1.82) is 0 Å². The van der Waals surface area contributed by atoms with Crippen molar-refractivity contribution in [1.82, 2.24) is 0 Å². The van der Waals surface area contributed by atoms with Gasteiger partial charge in [-0.25, -0.2) is 0 Å². The van der Waals surface area contributed by atoms with Gasteiger partial charge in [-0.05, 0) is 31.1 Å². The quantitative estimate of drug-likeness (QED) is 0.0874. The number of hydrogen-bond donors (Lipinski definition) is 0. The Morgan fingerprint density at radius 2 is 0.400 bits per heavy atom. The van der Waals surface area contributed by atoms with Crippen LogP contribution in [0.15, 0.2) is 0 Å². The first-order valence-corrected chi connectivity index (χ1v) is 17.2. The maximum absolute atomic E-state index is 2.34. The van der Waals surface area contributed by atoms with Gasteiger partial charge >= 0.3 is 0 Å². The summed E-state index contributed by atoms with van der Waals surface area (Å²) in [6.45, 7) is 9.36. The summed E-state index contributed by atoms with van der Waals surface area (Å²) in [7, 11) is 0. The highest BCUT2D eigenvalue weighted by atomic mass is 14.3. The zero-order valence-corrected chi connectivity index (χ0v) is 25.7. The Morgan fingerprint density at radius 3 is 0.600 bits per heavy atom. The highest BCUT2D eigenvalue weighted by molar-refractivity contribution is 4.80. The van der Waals surface area contributed by atoms with Crippen LogP contribution >= 0.6 is 0 Å². The summed E-state index contributed by atoms with van der Waals surface area (Å²) in [5.74, 6) is 0. The monoisotopic (exact) mass is 493 g/mol. The average molecular weight is 493 g/mol. The van der Waals surface area contributed by atoms with Gasteiger partial charge in [0, 0.05) is 0 Å². The molecule has 0 aromatic carbocycles. The Labute approximate surface area is 225 Å². The first-order chi connectivity index (χ1) is 17.2. The smallest absolute Gasteiger partial charge is 0.0297 e. The van der Waals surface area contributed by atoms with Crippen LogP contribution in [0.5, 0.6) is 0 Å². The molecule has 212 valence electrons. The zero-order chi connectivity index (χ0) is 25.7. The largest absolute Gasteiger partial charge is 0.0654 e. The van der Waals surface area contributed by atoms with Crippen LogP contribution in [-0.2, 0) is 0 Å². The predicted octanol–water partition coefficient (Wildman–Crippen LogP) is 13.8. The summed E-state index contributed by atoms with van der Waals surface area (Å²) in [6, 6.07) is 0. The Morgan fingerprint density at radius 1 is 0.229 bits per heavy atom. The molecule has 0 unspecified atom stereocenters. The molecule has 0 radical (unpaired) electrons. The van der Waals surface area contributed by atoms with E-state index in [-0.39, 0.29) is 0 Å². The van der Waals surface area contributed by atoms with Crippen LogP contribution in [0, 0.1) is 5.41 Å². The Kier molecular flexibility index (Phi) is 28.6. The minimum atomic E-state index is 0.683. The van der Waals surface area contributed by atoms with Crippen molar-refractivity contribution >= 4 is 0 Å². The molecule has 0 saturated carbocycles. The molecule has 0 rings (SSSR count). The minimum absolute atomic E-state index is 0.683. The Hall–Kier alpha value is 0. The molecule has 0 saturated heterocycles. The first-order valence-electron chi connectivity index (χ1n) is 17.2. The van der Waals surface area contributed by atoms with Crippen molar-refractivity contribution in [2.45, 2.75) is 220 Å². The molecule has 0 fully saturated rings. The Bertz CT molecular complexity index is 334. The van der Waals surface area contributed by atoms with Crippen molar-refractivity contribution in [2.24, 2.45) is 5.41 Å². The second kappa shape index (κ2) is 28.6. The van der Waals surface area contributed by atoms with Gasteiger partial charge in [-0.3, -0.25) is 0 Å². The topological polar surface area (TPSA) is 0 Å². The highest BCUT2D eigenvalue weighted by Gasteiger charge is 2.28.